The number of halogens is 3. The van der Waals surface area contributed by atoms with Crippen molar-refractivity contribution < 1.29 is 17.9 Å². The number of benzene rings is 1. The number of ether oxygens (including phenoxy) is 1. The fourth-order valence-corrected chi connectivity index (χ4v) is 4.87. The Labute approximate surface area is 188 Å². The minimum absolute atomic E-state index is 0.0354. The van der Waals surface area contributed by atoms with E-state index in [4.69, 9.17) is 4.74 Å². The molecule has 176 valence electrons. The van der Waals surface area contributed by atoms with Gasteiger partial charge in [-0.05, 0) is 72.6 Å². The molecule has 11 heteroatoms. The van der Waals surface area contributed by atoms with Gasteiger partial charge in [0.15, 0.2) is 11.5 Å². The molecule has 2 aromatic heterocycles. The van der Waals surface area contributed by atoms with Crippen LogP contribution < -0.4 is 5.32 Å². The molecule has 1 saturated heterocycles. The van der Waals surface area contributed by atoms with Gasteiger partial charge in [0.25, 0.3) is 0 Å². The second-order valence-electron chi connectivity index (χ2n) is 8.76. The standard InChI is InChI=1S/C22H26F3N7O/c1-13-18(27-28-20(13)22(23,24)25)19(26-17-7-3-5-15-4-2-6-16(15)17)21-29-30-31-32(21)12-14-8-10-33-11-9-14/h3,5,7,14,19,26H,2,4,6,8-12H2,1H3,(H,27,28). The molecule has 2 aliphatic rings. The third-order valence-corrected chi connectivity index (χ3v) is 6.64. The Kier molecular flexibility index (Phi) is 5.81. The van der Waals surface area contributed by atoms with Crippen molar-refractivity contribution in [1.29, 1.82) is 0 Å². The maximum atomic E-state index is 13.5. The minimum atomic E-state index is -4.55. The molecular formula is C22H26F3N7O. The first-order valence-corrected chi connectivity index (χ1v) is 11.2. The van der Waals surface area contributed by atoms with Gasteiger partial charge in [-0.25, -0.2) is 4.68 Å². The van der Waals surface area contributed by atoms with Gasteiger partial charge in [0.1, 0.15) is 6.04 Å². The van der Waals surface area contributed by atoms with Crippen LogP contribution in [0.3, 0.4) is 0 Å². The zero-order chi connectivity index (χ0) is 23.0. The first kappa shape index (κ1) is 21.9. The molecule has 1 unspecified atom stereocenters. The summed E-state index contributed by atoms with van der Waals surface area (Å²) in [4.78, 5) is 0. The Balaban J connectivity index is 1.54. The highest BCUT2D eigenvalue weighted by atomic mass is 19.4. The summed E-state index contributed by atoms with van der Waals surface area (Å²) in [7, 11) is 0. The van der Waals surface area contributed by atoms with Gasteiger partial charge in [-0.15, -0.1) is 5.10 Å². The lowest BCUT2D eigenvalue weighted by molar-refractivity contribution is -0.141. The average Bonchev–Trinajstić information content (AvgIpc) is 3.52. The van der Waals surface area contributed by atoms with Gasteiger partial charge in [-0.2, -0.15) is 18.3 Å². The van der Waals surface area contributed by atoms with Crippen molar-refractivity contribution in [2.45, 2.75) is 57.8 Å². The number of hydrogen-bond acceptors (Lipinski definition) is 6. The largest absolute Gasteiger partial charge is 0.435 e. The second-order valence-corrected chi connectivity index (χ2v) is 8.76. The van der Waals surface area contributed by atoms with E-state index in [2.05, 4.69) is 37.1 Å². The Hall–Kier alpha value is -2.95. The molecule has 8 nitrogen and oxygen atoms in total. The molecule has 3 aromatic rings. The molecule has 0 spiro atoms. The van der Waals surface area contributed by atoms with Crippen LogP contribution in [0.4, 0.5) is 18.9 Å². The van der Waals surface area contributed by atoms with Gasteiger partial charge in [0.05, 0.1) is 5.69 Å². The first-order valence-electron chi connectivity index (χ1n) is 11.2. The number of anilines is 1. The Morgan fingerprint density at radius 3 is 2.82 bits per heavy atom. The molecule has 1 fully saturated rings. The first-order chi connectivity index (χ1) is 15.9. The van der Waals surface area contributed by atoms with Gasteiger partial charge in [0, 0.05) is 31.0 Å². The number of alkyl halides is 3. The monoisotopic (exact) mass is 461 g/mol. The average molecular weight is 461 g/mol. The van der Waals surface area contributed by atoms with Crippen LogP contribution in [0.25, 0.3) is 0 Å². The Morgan fingerprint density at radius 1 is 1.24 bits per heavy atom. The van der Waals surface area contributed by atoms with Crippen LogP contribution in [0.15, 0.2) is 18.2 Å². The Bertz CT molecular complexity index is 1120. The van der Waals surface area contributed by atoms with Crippen LogP contribution >= 0.6 is 0 Å². The van der Waals surface area contributed by atoms with E-state index in [0.717, 1.165) is 37.8 Å². The molecule has 0 bridgehead atoms. The maximum Gasteiger partial charge on any atom is 0.435 e. The van der Waals surface area contributed by atoms with Crippen LogP contribution in [-0.2, 0) is 30.3 Å². The minimum Gasteiger partial charge on any atom is -0.381 e. The molecule has 1 atom stereocenters. The molecule has 1 aromatic carbocycles. The molecule has 1 aliphatic carbocycles. The molecule has 5 rings (SSSR count). The normalized spacial score (nSPS) is 17.8. The quantitative estimate of drug-likeness (QED) is 0.579. The molecule has 1 aliphatic heterocycles. The van der Waals surface area contributed by atoms with E-state index in [-0.39, 0.29) is 5.56 Å². The molecule has 2 N–H and O–H groups in total. The highest BCUT2D eigenvalue weighted by molar-refractivity contribution is 5.58. The van der Waals surface area contributed by atoms with Crippen molar-refractivity contribution in [3.63, 3.8) is 0 Å². The van der Waals surface area contributed by atoms with Crippen molar-refractivity contribution in [2.75, 3.05) is 18.5 Å². The zero-order valence-electron chi connectivity index (χ0n) is 18.3. The van der Waals surface area contributed by atoms with Gasteiger partial charge in [-0.3, -0.25) is 5.10 Å². The molecular weight excluding hydrogens is 435 g/mol. The smallest absolute Gasteiger partial charge is 0.381 e. The third-order valence-electron chi connectivity index (χ3n) is 6.64. The summed E-state index contributed by atoms with van der Waals surface area (Å²) in [5, 5.41) is 22.0. The number of aromatic nitrogens is 6. The summed E-state index contributed by atoms with van der Waals surface area (Å²) in [5.41, 5.74) is 2.76. The number of fused-ring (bicyclic) bond motifs is 1. The molecule has 0 saturated carbocycles. The van der Waals surface area contributed by atoms with E-state index in [9.17, 15) is 13.2 Å². The SMILES string of the molecule is Cc1c(C(F)(F)F)n[nH]c1C(Nc1cccc2c1CCC2)c1nnnn1CC1CCOCC1. The van der Waals surface area contributed by atoms with Crippen LogP contribution in [-0.4, -0.2) is 43.6 Å². The lowest BCUT2D eigenvalue weighted by Crippen LogP contribution is -2.25. The predicted molar refractivity (Wildman–Crippen MR) is 114 cm³/mol. The van der Waals surface area contributed by atoms with E-state index in [0.29, 0.717) is 37.2 Å². The highest BCUT2D eigenvalue weighted by Gasteiger charge is 2.39. The second kappa shape index (κ2) is 8.77. The number of aromatic amines is 1. The van der Waals surface area contributed by atoms with E-state index < -0.39 is 17.9 Å². The fraction of sp³-hybridized carbons (Fsp3) is 0.545. The van der Waals surface area contributed by atoms with Crippen molar-refractivity contribution in [2.24, 2.45) is 5.92 Å². The van der Waals surface area contributed by atoms with Crippen molar-refractivity contribution in [3.8, 4) is 0 Å². The van der Waals surface area contributed by atoms with Gasteiger partial charge in [0.2, 0.25) is 0 Å². The summed E-state index contributed by atoms with van der Waals surface area (Å²) in [6, 6.07) is 5.31. The van der Waals surface area contributed by atoms with Crippen LogP contribution in [0.5, 0.6) is 0 Å². The summed E-state index contributed by atoms with van der Waals surface area (Å²) < 4.78 is 47.7. The number of hydrogen-bond donors (Lipinski definition) is 2. The number of rotatable bonds is 6. The van der Waals surface area contributed by atoms with Crippen molar-refractivity contribution >= 4 is 5.69 Å². The van der Waals surface area contributed by atoms with E-state index in [1.807, 2.05) is 12.1 Å². The third kappa shape index (κ3) is 4.33. The molecule has 0 amide bonds. The summed E-state index contributed by atoms with van der Waals surface area (Å²) >= 11 is 0. The molecule has 3 heterocycles. The number of nitrogens with zero attached hydrogens (tertiary/aromatic N) is 5. The van der Waals surface area contributed by atoms with E-state index in [1.54, 1.807) is 4.68 Å². The van der Waals surface area contributed by atoms with Crippen molar-refractivity contribution in [1.82, 2.24) is 30.4 Å². The van der Waals surface area contributed by atoms with Crippen LogP contribution in [0, 0.1) is 12.8 Å². The summed E-state index contributed by atoms with van der Waals surface area (Å²) in [6.45, 7) is 3.39. The fourth-order valence-electron chi connectivity index (χ4n) is 4.87. The maximum absolute atomic E-state index is 13.5. The van der Waals surface area contributed by atoms with Crippen LogP contribution in [0.2, 0.25) is 0 Å². The van der Waals surface area contributed by atoms with Gasteiger partial charge in [-0.1, -0.05) is 12.1 Å². The predicted octanol–water partition coefficient (Wildman–Crippen LogP) is 3.84. The summed E-state index contributed by atoms with van der Waals surface area (Å²) in [5.74, 6) is 0.800. The highest BCUT2D eigenvalue weighted by Crippen LogP contribution is 2.37. The Morgan fingerprint density at radius 2 is 2.06 bits per heavy atom. The number of tetrazole rings is 1. The van der Waals surface area contributed by atoms with Gasteiger partial charge >= 0.3 is 6.18 Å². The zero-order valence-corrected chi connectivity index (χ0v) is 18.3. The molecule has 33 heavy (non-hydrogen) atoms. The topological polar surface area (TPSA) is 93.5 Å². The number of H-pyrrole nitrogens is 1. The van der Waals surface area contributed by atoms with Crippen LogP contribution in [0.1, 0.15) is 59.2 Å². The lowest BCUT2D eigenvalue weighted by atomic mass is 10.00. The van der Waals surface area contributed by atoms with Gasteiger partial charge < -0.3 is 10.1 Å². The van der Waals surface area contributed by atoms with E-state index >= 15 is 0 Å². The van der Waals surface area contributed by atoms with Crippen molar-refractivity contribution in [3.05, 3.63) is 52.1 Å². The number of nitrogens with one attached hydrogen (secondary N) is 2. The summed E-state index contributed by atoms with van der Waals surface area (Å²) in [6.07, 6.45) is 0.217. The lowest BCUT2D eigenvalue weighted by Gasteiger charge is -2.24. The molecule has 0 radical (unpaired) electrons. The number of aryl methyl sites for hydroxylation is 1. The van der Waals surface area contributed by atoms with E-state index in [1.165, 1.54) is 18.1 Å².